The van der Waals surface area contributed by atoms with Crippen LogP contribution in [0.1, 0.15) is 22.9 Å². The highest BCUT2D eigenvalue weighted by Crippen LogP contribution is 2.38. The Kier molecular flexibility index (Phi) is 4.13. The van der Waals surface area contributed by atoms with Crippen molar-refractivity contribution in [1.29, 1.82) is 0 Å². The Morgan fingerprint density at radius 3 is 2.23 bits per heavy atom. The highest BCUT2D eigenvalue weighted by molar-refractivity contribution is 5.61. The van der Waals surface area contributed by atoms with Crippen molar-refractivity contribution in [3.63, 3.8) is 0 Å². The van der Waals surface area contributed by atoms with Crippen molar-refractivity contribution < 1.29 is 4.74 Å². The van der Waals surface area contributed by atoms with Crippen LogP contribution in [-0.2, 0) is 6.61 Å². The minimum atomic E-state index is -0.184. The van der Waals surface area contributed by atoms with E-state index >= 15 is 0 Å². The SMILES string of the molecule is c1ccc(-c2nnn3c2COc2nn(-c4ccccc4)cc2C3c2ccccc2)cc1. The van der Waals surface area contributed by atoms with Crippen molar-refractivity contribution >= 4 is 0 Å². The van der Waals surface area contributed by atoms with Crippen LogP contribution in [0.3, 0.4) is 0 Å². The molecule has 6 nitrogen and oxygen atoms in total. The van der Waals surface area contributed by atoms with Gasteiger partial charge in [-0.05, 0) is 17.7 Å². The van der Waals surface area contributed by atoms with Gasteiger partial charge in [0.1, 0.15) is 24.0 Å². The standard InChI is InChI=1S/C25H19N5O/c1-4-10-18(11-5-1)23-22-17-31-25-21(16-29(27-25)20-14-8-3-9-15-20)24(30(22)28-26-23)19-12-6-2-7-13-19/h1-16,24H,17H2. The second kappa shape index (κ2) is 7.25. The van der Waals surface area contributed by atoms with E-state index < -0.39 is 0 Å². The fourth-order valence-electron chi connectivity index (χ4n) is 4.08. The van der Waals surface area contributed by atoms with E-state index in [1.807, 2.05) is 94.4 Å². The van der Waals surface area contributed by atoms with Gasteiger partial charge in [0, 0.05) is 11.8 Å². The predicted octanol–water partition coefficient (Wildman–Crippen LogP) is 4.66. The maximum absolute atomic E-state index is 6.22. The Morgan fingerprint density at radius 2 is 1.48 bits per heavy atom. The van der Waals surface area contributed by atoms with Crippen molar-refractivity contribution in [3.05, 3.63) is 114 Å². The molecule has 0 N–H and O–H groups in total. The number of benzene rings is 3. The van der Waals surface area contributed by atoms with E-state index in [0.29, 0.717) is 12.5 Å². The van der Waals surface area contributed by atoms with Crippen LogP contribution in [0.5, 0.6) is 5.88 Å². The second-order valence-corrected chi connectivity index (χ2v) is 7.47. The molecule has 150 valence electrons. The van der Waals surface area contributed by atoms with Gasteiger partial charge in [-0.15, -0.1) is 10.2 Å². The average molecular weight is 405 g/mol. The molecule has 5 aromatic rings. The zero-order valence-electron chi connectivity index (χ0n) is 16.7. The van der Waals surface area contributed by atoms with Gasteiger partial charge in [-0.1, -0.05) is 84.1 Å². The Balaban J connectivity index is 1.54. The van der Waals surface area contributed by atoms with E-state index in [1.165, 1.54) is 0 Å². The predicted molar refractivity (Wildman–Crippen MR) is 117 cm³/mol. The Bertz CT molecular complexity index is 1320. The van der Waals surface area contributed by atoms with Crippen molar-refractivity contribution in [2.75, 3.05) is 0 Å². The molecule has 3 aromatic carbocycles. The minimum Gasteiger partial charge on any atom is -0.470 e. The molecule has 0 radical (unpaired) electrons. The summed E-state index contributed by atoms with van der Waals surface area (Å²) < 4.78 is 10.1. The van der Waals surface area contributed by atoms with Gasteiger partial charge in [-0.2, -0.15) is 0 Å². The lowest BCUT2D eigenvalue weighted by atomic mass is 10.0. The first-order chi connectivity index (χ1) is 15.4. The fraction of sp³-hybridized carbons (Fsp3) is 0.0800. The molecule has 0 spiro atoms. The minimum absolute atomic E-state index is 0.184. The number of aromatic nitrogens is 5. The molecule has 2 aromatic heterocycles. The third-order valence-corrected chi connectivity index (χ3v) is 5.57. The van der Waals surface area contributed by atoms with Crippen LogP contribution in [0.2, 0.25) is 0 Å². The molecule has 6 heteroatoms. The van der Waals surface area contributed by atoms with Crippen molar-refractivity contribution in [2.45, 2.75) is 12.6 Å². The van der Waals surface area contributed by atoms with E-state index in [-0.39, 0.29) is 6.04 Å². The average Bonchev–Trinajstić information content (AvgIpc) is 3.42. The van der Waals surface area contributed by atoms with Gasteiger partial charge < -0.3 is 4.74 Å². The maximum atomic E-state index is 6.22. The Morgan fingerprint density at radius 1 is 0.806 bits per heavy atom. The summed E-state index contributed by atoms with van der Waals surface area (Å²) in [6, 6.07) is 30.3. The molecule has 1 aliphatic rings. The summed E-state index contributed by atoms with van der Waals surface area (Å²) in [6.45, 7) is 0.347. The van der Waals surface area contributed by atoms with Crippen LogP contribution in [0.25, 0.3) is 16.9 Å². The first kappa shape index (κ1) is 17.7. The van der Waals surface area contributed by atoms with Crippen molar-refractivity contribution in [1.82, 2.24) is 24.8 Å². The van der Waals surface area contributed by atoms with E-state index in [4.69, 9.17) is 9.84 Å². The van der Waals surface area contributed by atoms with Gasteiger partial charge in [-0.25, -0.2) is 9.36 Å². The molecule has 0 amide bonds. The lowest BCUT2D eigenvalue weighted by Gasteiger charge is -2.16. The number of para-hydroxylation sites is 1. The second-order valence-electron chi connectivity index (χ2n) is 7.47. The summed E-state index contributed by atoms with van der Waals surface area (Å²) in [4.78, 5) is 0. The topological polar surface area (TPSA) is 57.8 Å². The van der Waals surface area contributed by atoms with E-state index in [0.717, 1.165) is 33.8 Å². The summed E-state index contributed by atoms with van der Waals surface area (Å²) in [6.07, 6.45) is 2.03. The molecule has 1 aliphatic heterocycles. The molecule has 0 aliphatic carbocycles. The molecular formula is C25H19N5O. The largest absolute Gasteiger partial charge is 0.470 e. The molecule has 31 heavy (non-hydrogen) atoms. The number of nitrogens with zero attached hydrogens (tertiary/aromatic N) is 5. The lowest BCUT2D eigenvalue weighted by Crippen LogP contribution is -2.15. The number of hydrogen-bond donors (Lipinski definition) is 0. The lowest BCUT2D eigenvalue weighted by molar-refractivity contribution is 0.288. The maximum Gasteiger partial charge on any atom is 0.239 e. The van der Waals surface area contributed by atoms with Gasteiger partial charge in [-0.3, -0.25) is 0 Å². The summed E-state index contributed by atoms with van der Waals surface area (Å²) in [5.41, 5.74) is 5.83. The third kappa shape index (κ3) is 3.00. The zero-order chi connectivity index (χ0) is 20.6. The number of hydrogen-bond acceptors (Lipinski definition) is 4. The van der Waals surface area contributed by atoms with Gasteiger partial charge in [0.2, 0.25) is 5.88 Å². The first-order valence-electron chi connectivity index (χ1n) is 10.2. The van der Waals surface area contributed by atoms with E-state index in [1.54, 1.807) is 0 Å². The van der Waals surface area contributed by atoms with Crippen LogP contribution in [-0.4, -0.2) is 24.8 Å². The third-order valence-electron chi connectivity index (χ3n) is 5.57. The summed E-state index contributed by atoms with van der Waals surface area (Å²) >= 11 is 0. The van der Waals surface area contributed by atoms with Crippen LogP contribution in [0.15, 0.2) is 97.2 Å². The Labute approximate surface area is 179 Å². The van der Waals surface area contributed by atoms with Gasteiger partial charge in [0.05, 0.1) is 11.3 Å². The van der Waals surface area contributed by atoms with Gasteiger partial charge >= 0.3 is 0 Å². The molecule has 0 saturated heterocycles. The van der Waals surface area contributed by atoms with Crippen molar-refractivity contribution in [3.8, 4) is 22.8 Å². The molecule has 1 atom stereocenters. The van der Waals surface area contributed by atoms with E-state index in [2.05, 4.69) is 22.4 Å². The first-order valence-corrected chi connectivity index (χ1v) is 10.2. The van der Waals surface area contributed by atoms with Gasteiger partial charge in [0.15, 0.2) is 0 Å². The molecular weight excluding hydrogens is 386 g/mol. The van der Waals surface area contributed by atoms with Crippen LogP contribution in [0.4, 0.5) is 0 Å². The summed E-state index contributed by atoms with van der Waals surface area (Å²) in [7, 11) is 0. The quantitative estimate of drug-likeness (QED) is 0.438. The fourth-order valence-corrected chi connectivity index (χ4v) is 4.08. The highest BCUT2D eigenvalue weighted by Gasteiger charge is 2.32. The van der Waals surface area contributed by atoms with Gasteiger partial charge in [0.25, 0.3) is 0 Å². The number of fused-ring (bicyclic) bond motifs is 2. The zero-order valence-corrected chi connectivity index (χ0v) is 16.7. The molecule has 0 saturated carbocycles. The smallest absolute Gasteiger partial charge is 0.239 e. The van der Waals surface area contributed by atoms with Crippen LogP contribution >= 0.6 is 0 Å². The van der Waals surface area contributed by atoms with E-state index in [9.17, 15) is 0 Å². The van der Waals surface area contributed by atoms with Crippen LogP contribution in [0, 0.1) is 0 Å². The normalized spacial score (nSPS) is 14.9. The molecule has 6 rings (SSSR count). The monoisotopic (exact) mass is 405 g/mol. The Hall–Kier alpha value is -4.19. The molecule has 3 heterocycles. The molecule has 0 fully saturated rings. The summed E-state index contributed by atoms with van der Waals surface area (Å²) in [5.74, 6) is 0.613. The number of rotatable bonds is 3. The number of ether oxygens (including phenoxy) is 1. The molecule has 0 bridgehead atoms. The van der Waals surface area contributed by atoms with Crippen molar-refractivity contribution in [2.24, 2.45) is 0 Å². The summed E-state index contributed by atoms with van der Waals surface area (Å²) in [5, 5.41) is 13.9. The van der Waals surface area contributed by atoms with Crippen LogP contribution < -0.4 is 4.74 Å². The molecule has 1 unspecified atom stereocenters. The highest BCUT2D eigenvalue weighted by atomic mass is 16.5.